The highest BCUT2D eigenvalue weighted by Crippen LogP contribution is 2.37. The summed E-state index contributed by atoms with van der Waals surface area (Å²) in [6, 6.07) is 1.55. The van der Waals surface area contributed by atoms with Gasteiger partial charge in [-0.2, -0.15) is 18.3 Å². The number of nitrogens with two attached hydrogens (primary N) is 1. The number of pyridine rings is 1. The number of nitrogens with one attached hydrogen (secondary N) is 1. The molecule has 3 rings (SSSR count). The molecule has 3 heterocycles. The van der Waals surface area contributed by atoms with Crippen molar-refractivity contribution in [3.8, 4) is 17.3 Å². The SMILES string of the molecule is COc1nc(-c2nn3c(c2C(N)=O)C(=O)NCC3C)ccc1C(F)(F)F. The molecule has 1 aliphatic rings. The lowest BCUT2D eigenvalue weighted by molar-refractivity contribution is -0.139. The summed E-state index contributed by atoms with van der Waals surface area (Å²) in [5.41, 5.74) is 3.92. The van der Waals surface area contributed by atoms with Crippen molar-refractivity contribution in [3.63, 3.8) is 0 Å². The van der Waals surface area contributed by atoms with E-state index in [9.17, 15) is 22.8 Å². The molecule has 0 aliphatic carbocycles. The minimum absolute atomic E-state index is 0.0492. The maximum atomic E-state index is 13.0. The smallest absolute Gasteiger partial charge is 0.421 e. The Morgan fingerprint density at radius 3 is 2.69 bits per heavy atom. The molecule has 0 saturated carbocycles. The van der Waals surface area contributed by atoms with Gasteiger partial charge in [-0.15, -0.1) is 0 Å². The molecule has 1 atom stereocenters. The van der Waals surface area contributed by atoms with Gasteiger partial charge in [0.1, 0.15) is 17.0 Å². The van der Waals surface area contributed by atoms with Crippen molar-refractivity contribution >= 4 is 11.8 Å². The highest BCUT2D eigenvalue weighted by molar-refractivity contribution is 6.09. The number of hydrogen-bond donors (Lipinski definition) is 2. The maximum Gasteiger partial charge on any atom is 0.421 e. The first-order valence-corrected chi connectivity index (χ1v) is 7.48. The zero-order valence-corrected chi connectivity index (χ0v) is 13.7. The first kappa shape index (κ1) is 17.7. The molecule has 0 radical (unpaired) electrons. The molecule has 0 bridgehead atoms. The molecule has 138 valence electrons. The largest absolute Gasteiger partial charge is 0.481 e. The Labute approximate surface area is 145 Å². The van der Waals surface area contributed by atoms with Crippen molar-refractivity contribution in [2.75, 3.05) is 13.7 Å². The minimum Gasteiger partial charge on any atom is -0.481 e. The van der Waals surface area contributed by atoms with Gasteiger partial charge in [0.15, 0.2) is 0 Å². The van der Waals surface area contributed by atoms with Crippen LogP contribution < -0.4 is 15.8 Å². The summed E-state index contributed by atoms with van der Waals surface area (Å²) in [5.74, 6) is -2.16. The highest BCUT2D eigenvalue weighted by Gasteiger charge is 2.37. The molecule has 3 N–H and O–H groups in total. The van der Waals surface area contributed by atoms with Crippen LogP contribution in [0.1, 0.15) is 39.4 Å². The Morgan fingerprint density at radius 1 is 1.42 bits per heavy atom. The van der Waals surface area contributed by atoms with E-state index in [1.807, 2.05) is 0 Å². The van der Waals surface area contributed by atoms with Gasteiger partial charge < -0.3 is 15.8 Å². The molecule has 0 spiro atoms. The average molecular weight is 369 g/mol. The quantitative estimate of drug-likeness (QED) is 0.849. The number of aromatic nitrogens is 3. The second-order valence-corrected chi connectivity index (χ2v) is 5.69. The fourth-order valence-electron chi connectivity index (χ4n) is 2.74. The van der Waals surface area contributed by atoms with Crippen LogP contribution in [0.25, 0.3) is 11.4 Å². The summed E-state index contributed by atoms with van der Waals surface area (Å²) in [4.78, 5) is 27.9. The van der Waals surface area contributed by atoms with Crippen molar-refractivity contribution in [1.82, 2.24) is 20.1 Å². The second kappa shape index (κ2) is 6.00. The minimum atomic E-state index is -4.66. The van der Waals surface area contributed by atoms with Crippen LogP contribution in [0.15, 0.2) is 12.1 Å². The summed E-state index contributed by atoms with van der Waals surface area (Å²) < 4.78 is 45.0. The molecule has 2 aromatic heterocycles. The van der Waals surface area contributed by atoms with Crippen LogP contribution >= 0.6 is 0 Å². The van der Waals surface area contributed by atoms with Crippen LogP contribution in [0.4, 0.5) is 13.2 Å². The fourth-order valence-corrected chi connectivity index (χ4v) is 2.74. The number of amides is 2. The molecule has 0 aromatic carbocycles. The Bertz CT molecular complexity index is 907. The van der Waals surface area contributed by atoms with Crippen molar-refractivity contribution in [3.05, 3.63) is 29.0 Å². The molecule has 1 aliphatic heterocycles. The van der Waals surface area contributed by atoms with Gasteiger partial charge in [0.25, 0.3) is 11.8 Å². The maximum absolute atomic E-state index is 13.0. The lowest BCUT2D eigenvalue weighted by atomic mass is 10.1. The monoisotopic (exact) mass is 369 g/mol. The van der Waals surface area contributed by atoms with Gasteiger partial charge in [-0.05, 0) is 19.1 Å². The van der Waals surface area contributed by atoms with Gasteiger partial charge in [0, 0.05) is 6.54 Å². The van der Waals surface area contributed by atoms with Crippen LogP contribution in [-0.4, -0.2) is 40.2 Å². The molecular weight excluding hydrogens is 355 g/mol. The van der Waals surface area contributed by atoms with Crippen LogP contribution in [-0.2, 0) is 6.18 Å². The first-order chi connectivity index (χ1) is 12.1. The summed E-state index contributed by atoms with van der Waals surface area (Å²) in [6.07, 6.45) is -4.66. The number of rotatable bonds is 3. The third-order valence-electron chi connectivity index (χ3n) is 3.95. The summed E-state index contributed by atoms with van der Waals surface area (Å²) in [5, 5.41) is 6.79. The number of fused-ring (bicyclic) bond motifs is 1. The number of primary amides is 1. The lowest BCUT2D eigenvalue weighted by Gasteiger charge is -2.21. The van der Waals surface area contributed by atoms with Crippen LogP contribution in [0.5, 0.6) is 5.88 Å². The normalized spacial score (nSPS) is 16.8. The van der Waals surface area contributed by atoms with Crippen molar-refractivity contribution in [2.45, 2.75) is 19.1 Å². The van der Waals surface area contributed by atoms with E-state index in [-0.39, 0.29) is 35.2 Å². The molecule has 2 aromatic rings. The van der Waals surface area contributed by atoms with E-state index in [4.69, 9.17) is 10.5 Å². The van der Waals surface area contributed by atoms with Gasteiger partial charge in [-0.25, -0.2) is 4.98 Å². The van der Waals surface area contributed by atoms with Gasteiger partial charge in [-0.1, -0.05) is 0 Å². The van der Waals surface area contributed by atoms with E-state index < -0.39 is 29.4 Å². The Hall–Kier alpha value is -3.11. The number of ether oxygens (including phenoxy) is 1. The second-order valence-electron chi connectivity index (χ2n) is 5.69. The first-order valence-electron chi connectivity index (χ1n) is 7.48. The molecule has 0 saturated heterocycles. The Balaban J connectivity index is 2.23. The van der Waals surface area contributed by atoms with Gasteiger partial charge in [0.05, 0.1) is 24.4 Å². The van der Waals surface area contributed by atoms with Gasteiger partial charge in [-0.3, -0.25) is 14.3 Å². The topological polar surface area (TPSA) is 112 Å². The standard InChI is InChI=1S/C15H14F3N5O3/c1-6-5-20-13(25)11-9(12(19)24)10(22-23(6)11)8-4-3-7(15(16,17)18)14(21-8)26-2/h3-4,6H,5H2,1-2H3,(H2,19,24)(H,20,25). The van der Waals surface area contributed by atoms with Crippen molar-refractivity contribution < 1.29 is 27.5 Å². The number of alkyl halides is 3. The van der Waals surface area contributed by atoms with Crippen molar-refractivity contribution in [1.29, 1.82) is 0 Å². The molecule has 2 amide bonds. The van der Waals surface area contributed by atoms with E-state index in [2.05, 4.69) is 15.4 Å². The summed E-state index contributed by atoms with van der Waals surface area (Å²) in [7, 11) is 1.05. The molecule has 1 unspecified atom stereocenters. The van der Waals surface area contributed by atoms with Crippen LogP contribution in [0, 0.1) is 0 Å². The molecule has 26 heavy (non-hydrogen) atoms. The van der Waals surface area contributed by atoms with E-state index in [1.165, 1.54) is 4.68 Å². The number of halogens is 3. The predicted molar refractivity (Wildman–Crippen MR) is 82.6 cm³/mol. The molecular formula is C15H14F3N5O3. The van der Waals surface area contributed by atoms with E-state index >= 15 is 0 Å². The zero-order valence-electron chi connectivity index (χ0n) is 13.7. The van der Waals surface area contributed by atoms with Crippen LogP contribution in [0.2, 0.25) is 0 Å². The third kappa shape index (κ3) is 2.74. The number of hydrogen-bond acceptors (Lipinski definition) is 5. The van der Waals surface area contributed by atoms with E-state index in [1.54, 1.807) is 6.92 Å². The van der Waals surface area contributed by atoms with Crippen LogP contribution in [0.3, 0.4) is 0 Å². The van der Waals surface area contributed by atoms with Gasteiger partial charge in [0.2, 0.25) is 5.88 Å². The molecule has 11 heteroatoms. The highest BCUT2D eigenvalue weighted by atomic mass is 19.4. The third-order valence-corrected chi connectivity index (χ3v) is 3.95. The van der Waals surface area contributed by atoms with E-state index in [0.29, 0.717) is 0 Å². The number of carbonyl (C=O) groups excluding carboxylic acids is 2. The number of carbonyl (C=O) groups is 2. The number of nitrogens with zero attached hydrogens (tertiary/aromatic N) is 3. The number of methoxy groups -OCH3 is 1. The molecule has 8 nitrogen and oxygen atoms in total. The molecule has 0 fully saturated rings. The zero-order chi connectivity index (χ0) is 19.2. The summed E-state index contributed by atoms with van der Waals surface area (Å²) >= 11 is 0. The predicted octanol–water partition coefficient (Wildman–Crippen LogP) is 1.38. The van der Waals surface area contributed by atoms with Gasteiger partial charge >= 0.3 is 6.18 Å². The fraction of sp³-hybridized carbons (Fsp3) is 0.333. The Kier molecular flexibility index (Phi) is 4.09. The van der Waals surface area contributed by atoms with Crippen molar-refractivity contribution in [2.24, 2.45) is 5.73 Å². The Morgan fingerprint density at radius 2 is 2.12 bits per heavy atom. The van der Waals surface area contributed by atoms with E-state index in [0.717, 1.165) is 19.2 Å². The average Bonchev–Trinajstić information content (AvgIpc) is 2.99. The lowest BCUT2D eigenvalue weighted by Crippen LogP contribution is -2.39. The summed E-state index contributed by atoms with van der Waals surface area (Å²) in [6.45, 7) is 2.04.